The summed E-state index contributed by atoms with van der Waals surface area (Å²) in [6.07, 6.45) is 2.15. The summed E-state index contributed by atoms with van der Waals surface area (Å²) in [5.74, 6) is -1.25. The summed E-state index contributed by atoms with van der Waals surface area (Å²) in [7, 11) is 0. The lowest BCUT2D eigenvalue weighted by molar-refractivity contribution is -0.143. The third kappa shape index (κ3) is 3.43. The summed E-state index contributed by atoms with van der Waals surface area (Å²) in [6, 6.07) is 7.09. The van der Waals surface area contributed by atoms with Crippen molar-refractivity contribution in [3.63, 3.8) is 0 Å². The maximum absolute atomic E-state index is 12.8. The molecule has 1 aliphatic heterocycles. The highest BCUT2D eigenvalue weighted by Crippen LogP contribution is 2.21. The van der Waals surface area contributed by atoms with Crippen LogP contribution in [0.5, 0.6) is 0 Å². The Balaban J connectivity index is 1.93. The lowest BCUT2D eigenvalue weighted by Gasteiger charge is -2.32. The normalized spacial score (nSPS) is 17.6. The molecule has 6 heteroatoms. The molecule has 6 nitrogen and oxygen atoms in total. The van der Waals surface area contributed by atoms with Crippen molar-refractivity contribution in [2.24, 2.45) is 0 Å². The first-order valence-electron chi connectivity index (χ1n) is 8.56. The highest BCUT2D eigenvalue weighted by Gasteiger charge is 2.33. The van der Waals surface area contributed by atoms with Gasteiger partial charge in [0.05, 0.1) is 5.69 Å². The summed E-state index contributed by atoms with van der Waals surface area (Å²) >= 11 is 0. The number of carboxylic acids is 1. The number of nitrogens with zero attached hydrogens (tertiary/aromatic N) is 3. The van der Waals surface area contributed by atoms with Crippen LogP contribution in [0.2, 0.25) is 0 Å². The minimum absolute atomic E-state index is 0.296. The van der Waals surface area contributed by atoms with Crippen LogP contribution in [-0.2, 0) is 4.79 Å². The third-order valence-electron chi connectivity index (χ3n) is 4.61. The predicted octanol–water partition coefficient (Wildman–Crippen LogP) is 2.88. The first kappa shape index (κ1) is 17.2. The van der Waals surface area contributed by atoms with Crippen LogP contribution in [-0.4, -0.2) is 44.3 Å². The van der Waals surface area contributed by atoms with E-state index in [0.29, 0.717) is 18.7 Å². The van der Waals surface area contributed by atoms with Crippen LogP contribution in [0, 0.1) is 20.8 Å². The van der Waals surface area contributed by atoms with Crippen LogP contribution in [0.15, 0.2) is 24.3 Å². The Morgan fingerprint density at radius 2 is 1.76 bits per heavy atom. The molecule has 1 aromatic carbocycles. The fraction of sp³-hybridized carbons (Fsp3) is 0.421. The number of aromatic nitrogens is 2. The quantitative estimate of drug-likeness (QED) is 0.931. The summed E-state index contributed by atoms with van der Waals surface area (Å²) in [5.41, 5.74) is 4.30. The second-order valence-electron chi connectivity index (χ2n) is 6.78. The lowest BCUT2D eigenvalue weighted by Crippen LogP contribution is -2.48. The van der Waals surface area contributed by atoms with Gasteiger partial charge in [0.1, 0.15) is 6.04 Å². The minimum Gasteiger partial charge on any atom is -0.480 e. The zero-order valence-corrected chi connectivity index (χ0v) is 14.8. The molecule has 0 saturated carbocycles. The topological polar surface area (TPSA) is 75.4 Å². The molecule has 25 heavy (non-hydrogen) atoms. The molecule has 1 atom stereocenters. The van der Waals surface area contributed by atoms with Crippen molar-refractivity contribution in [1.29, 1.82) is 0 Å². The van der Waals surface area contributed by atoms with Gasteiger partial charge < -0.3 is 10.0 Å². The largest absolute Gasteiger partial charge is 0.480 e. The summed E-state index contributed by atoms with van der Waals surface area (Å²) in [4.78, 5) is 25.7. The van der Waals surface area contributed by atoms with Gasteiger partial charge in [0.25, 0.3) is 5.91 Å². The first-order chi connectivity index (χ1) is 11.9. The molecule has 1 fully saturated rings. The fourth-order valence-corrected chi connectivity index (χ4v) is 3.49. The number of carbonyl (C=O) groups is 2. The molecule has 2 aromatic rings. The molecule has 3 rings (SSSR count). The summed E-state index contributed by atoms with van der Waals surface area (Å²) < 4.78 is 1.74. The van der Waals surface area contributed by atoms with Gasteiger partial charge in [-0.25, -0.2) is 9.48 Å². The van der Waals surface area contributed by atoms with Crippen molar-refractivity contribution in [2.75, 3.05) is 6.54 Å². The van der Waals surface area contributed by atoms with E-state index in [0.717, 1.165) is 35.3 Å². The monoisotopic (exact) mass is 341 g/mol. The number of amides is 1. The van der Waals surface area contributed by atoms with Crippen LogP contribution < -0.4 is 0 Å². The van der Waals surface area contributed by atoms with Crippen LogP contribution in [0.25, 0.3) is 5.69 Å². The maximum atomic E-state index is 12.8. The van der Waals surface area contributed by atoms with Gasteiger partial charge in [0.2, 0.25) is 0 Å². The Labute approximate surface area is 147 Å². The van der Waals surface area contributed by atoms with E-state index in [1.165, 1.54) is 4.90 Å². The molecule has 0 spiro atoms. The third-order valence-corrected chi connectivity index (χ3v) is 4.61. The Bertz CT molecular complexity index is 805. The Kier molecular flexibility index (Phi) is 4.61. The highest BCUT2D eigenvalue weighted by atomic mass is 16.4. The van der Waals surface area contributed by atoms with Gasteiger partial charge >= 0.3 is 5.97 Å². The van der Waals surface area contributed by atoms with Gasteiger partial charge in [-0.05, 0) is 69.4 Å². The number of aliphatic carboxylic acids is 1. The van der Waals surface area contributed by atoms with Crippen LogP contribution in [0.1, 0.15) is 46.6 Å². The standard InChI is InChI=1S/C19H23N3O3/c1-12-8-13(2)10-15(9-12)22-14(3)11-16(20-22)18(23)21-7-5-4-6-17(21)19(24)25/h8-11,17H,4-7H2,1-3H3,(H,24,25). The van der Waals surface area contributed by atoms with Crippen molar-refractivity contribution >= 4 is 11.9 Å². The zero-order valence-electron chi connectivity index (χ0n) is 14.8. The van der Waals surface area contributed by atoms with Gasteiger partial charge in [0, 0.05) is 12.2 Å². The summed E-state index contributed by atoms with van der Waals surface area (Å²) in [6.45, 7) is 6.40. The lowest BCUT2D eigenvalue weighted by atomic mass is 10.0. The smallest absolute Gasteiger partial charge is 0.326 e. The molecule has 0 radical (unpaired) electrons. The Morgan fingerprint density at radius 1 is 1.08 bits per heavy atom. The maximum Gasteiger partial charge on any atom is 0.326 e. The average molecular weight is 341 g/mol. The molecule has 1 saturated heterocycles. The number of piperidine rings is 1. The zero-order chi connectivity index (χ0) is 18.1. The Morgan fingerprint density at radius 3 is 2.40 bits per heavy atom. The Hall–Kier alpha value is -2.63. The number of rotatable bonds is 3. The molecular formula is C19H23N3O3. The van der Waals surface area contributed by atoms with E-state index in [-0.39, 0.29) is 5.91 Å². The van der Waals surface area contributed by atoms with Crippen molar-refractivity contribution in [2.45, 2.75) is 46.1 Å². The number of aryl methyl sites for hydroxylation is 3. The molecule has 0 aliphatic carbocycles. The van der Waals surface area contributed by atoms with Crippen molar-refractivity contribution in [3.8, 4) is 5.69 Å². The van der Waals surface area contributed by atoms with E-state index in [1.807, 2.05) is 32.9 Å². The average Bonchev–Trinajstić information content (AvgIpc) is 2.95. The van der Waals surface area contributed by atoms with Gasteiger partial charge in [-0.15, -0.1) is 0 Å². The molecule has 0 bridgehead atoms. The molecule has 1 amide bonds. The predicted molar refractivity (Wildman–Crippen MR) is 94.1 cm³/mol. The van der Waals surface area contributed by atoms with Gasteiger partial charge in [0.15, 0.2) is 5.69 Å². The number of benzene rings is 1. The van der Waals surface area contributed by atoms with Crippen molar-refractivity contribution in [3.05, 3.63) is 46.8 Å². The SMILES string of the molecule is Cc1cc(C)cc(-n2nc(C(=O)N3CCCCC3C(=O)O)cc2C)c1. The molecular weight excluding hydrogens is 318 g/mol. The number of carbonyl (C=O) groups excluding carboxylic acids is 1. The molecule has 1 aliphatic rings. The molecule has 2 heterocycles. The molecule has 1 unspecified atom stereocenters. The first-order valence-corrected chi connectivity index (χ1v) is 8.56. The second kappa shape index (κ2) is 6.70. The minimum atomic E-state index is -0.946. The number of likely N-dealkylation sites (tertiary alicyclic amines) is 1. The number of hydrogen-bond acceptors (Lipinski definition) is 3. The van der Waals surface area contributed by atoms with E-state index in [9.17, 15) is 14.7 Å². The van der Waals surface area contributed by atoms with Crippen LogP contribution >= 0.6 is 0 Å². The van der Waals surface area contributed by atoms with Crippen molar-refractivity contribution < 1.29 is 14.7 Å². The molecule has 1 aromatic heterocycles. The van der Waals surface area contributed by atoms with Crippen LogP contribution in [0.3, 0.4) is 0 Å². The van der Waals surface area contributed by atoms with E-state index in [2.05, 4.69) is 11.2 Å². The van der Waals surface area contributed by atoms with Gasteiger partial charge in [-0.3, -0.25) is 4.79 Å². The van der Waals surface area contributed by atoms with Gasteiger partial charge in [-0.2, -0.15) is 5.10 Å². The molecule has 132 valence electrons. The number of hydrogen-bond donors (Lipinski definition) is 1. The van der Waals surface area contributed by atoms with E-state index in [1.54, 1.807) is 10.7 Å². The van der Waals surface area contributed by atoms with E-state index >= 15 is 0 Å². The fourth-order valence-electron chi connectivity index (χ4n) is 3.49. The van der Waals surface area contributed by atoms with E-state index < -0.39 is 12.0 Å². The summed E-state index contributed by atoms with van der Waals surface area (Å²) in [5, 5.41) is 13.8. The van der Waals surface area contributed by atoms with Crippen LogP contribution in [0.4, 0.5) is 0 Å². The number of carboxylic acid groups (broad SMARTS) is 1. The van der Waals surface area contributed by atoms with Gasteiger partial charge in [-0.1, -0.05) is 6.07 Å². The molecule has 1 N–H and O–H groups in total. The van der Waals surface area contributed by atoms with Crippen molar-refractivity contribution in [1.82, 2.24) is 14.7 Å². The highest BCUT2D eigenvalue weighted by molar-refractivity contribution is 5.95. The second-order valence-corrected chi connectivity index (χ2v) is 6.78. The van der Waals surface area contributed by atoms with E-state index in [4.69, 9.17) is 0 Å².